The number of nitrogens with one attached hydrogen (secondary N) is 3. The molecule has 8 nitrogen and oxygen atoms in total. The average Bonchev–Trinajstić information content (AvgIpc) is 3.36. The van der Waals surface area contributed by atoms with Crippen LogP contribution < -0.4 is 25.4 Å². The van der Waals surface area contributed by atoms with Crippen LogP contribution in [0.3, 0.4) is 0 Å². The van der Waals surface area contributed by atoms with Crippen molar-refractivity contribution in [2.45, 2.75) is 43.8 Å². The molecule has 1 saturated heterocycles. The van der Waals surface area contributed by atoms with Crippen LogP contribution in [0.1, 0.15) is 47.3 Å². The Morgan fingerprint density at radius 3 is 2.53 bits per heavy atom. The van der Waals surface area contributed by atoms with Crippen LogP contribution in [0.4, 0.5) is 19.0 Å². The molecule has 3 heterocycles. The van der Waals surface area contributed by atoms with E-state index < -0.39 is 30.2 Å². The van der Waals surface area contributed by atoms with E-state index in [4.69, 9.17) is 9.47 Å². The molecular weight excluding hydrogens is 499 g/mol. The Morgan fingerprint density at radius 2 is 1.84 bits per heavy atom. The number of anilines is 1. The lowest BCUT2D eigenvalue weighted by Crippen LogP contribution is -2.42. The van der Waals surface area contributed by atoms with Crippen molar-refractivity contribution >= 4 is 11.7 Å². The number of hydrogen-bond donors (Lipinski definition) is 3. The van der Waals surface area contributed by atoms with Crippen LogP contribution in [-0.2, 0) is 0 Å². The van der Waals surface area contributed by atoms with Crippen LogP contribution in [-0.4, -0.2) is 55.5 Å². The Kier molecular flexibility index (Phi) is 7.46. The number of fused-ring (bicyclic) bond motifs is 1. The Hall–Kier alpha value is -3.73. The van der Waals surface area contributed by atoms with Crippen LogP contribution in [0.25, 0.3) is 11.3 Å². The molecule has 3 aromatic rings. The van der Waals surface area contributed by atoms with Crippen molar-refractivity contribution in [3.05, 3.63) is 59.4 Å². The molecule has 2 atom stereocenters. The first-order valence-corrected chi connectivity index (χ1v) is 12.6. The fourth-order valence-electron chi connectivity index (χ4n) is 5.06. The summed E-state index contributed by atoms with van der Waals surface area (Å²) < 4.78 is 55.1. The van der Waals surface area contributed by atoms with E-state index in [2.05, 4.69) is 21.0 Å². The van der Waals surface area contributed by atoms with E-state index in [-0.39, 0.29) is 18.0 Å². The molecule has 38 heavy (non-hydrogen) atoms. The van der Waals surface area contributed by atoms with Gasteiger partial charge in [0.25, 0.3) is 12.3 Å². The van der Waals surface area contributed by atoms with E-state index in [1.54, 1.807) is 30.3 Å². The van der Waals surface area contributed by atoms with Crippen molar-refractivity contribution in [1.82, 2.24) is 20.4 Å². The maximum Gasteiger partial charge on any atom is 0.260 e. The molecule has 2 aliphatic rings. The van der Waals surface area contributed by atoms with Gasteiger partial charge in [-0.3, -0.25) is 4.79 Å². The molecule has 2 unspecified atom stereocenters. The van der Waals surface area contributed by atoms with E-state index in [1.807, 2.05) is 0 Å². The summed E-state index contributed by atoms with van der Waals surface area (Å²) in [6, 6.07) is 9.51. The zero-order valence-corrected chi connectivity index (χ0v) is 21.1. The third-order valence-electron chi connectivity index (χ3n) is 7.13. The van der Waals surface area contributed by atoms with Gasteiger partial charge >= 0.3 is 0 Å². The molecule has 202 valence electrons. The lowest BCUT2D eigenvalue weighted by atomic mass is 9.97. The third kappa shape index (κ3) is 5.15. The average molecular weight is 530 g/mol. The van der Waals surface area contributed by atoms with Crippen molar-refractivity contribution in [3.63, 3.8) is 0 Å². The Morgan fingerprint density at radius 1 is 1.08 bits per heavy atom. The van der Waals surface area contributed by atoms with Gasteiger partial charge in [0.1, 0.15) is 17.7 Å². The van der Waals surface area contributed by atoms with Crippen LogP contribution in [0.2, 0.25) is 0 Å². The second-order valence-electron chi connectivity index (χ2n) is 9.50. The molecule has 11 heteroatoms. The fourth-order valence-corrected chi connectivity index (χ4v) is 5.06. The molecule has 0 spiro atoms. The maximum absolute atomic E-state index is 15.0. The van der Waals surface area contributed by atoms with Crippen molar-refractivity contribution in [2.75, 3.05) is 32.6 Å². The largest absolute Gasteiger partial charge is 0.493 e. The number of piperidine rings is 1. The van der Waals surface area contributed by atoms with E-state index in [1.165, 1.54) is 31.0 Å². The number of carbonyl (C=O) groups is 1. The summed E-state index contributed by atoms with van der Waals surface area (Å²) >= 11 is 0. The highest BCUT2D eigenvalue weighted by Crippen LogP contribution is 2.41. The van der Waals surface area contributed by atoms with E-state index >= 15 is 0 Å². The Labute approximate surface area is 218 Å². The number of amides is 1. The number of methoxy groups -OCH3 is 2. The number of carbonyl (C=O) groups excluding carboxylic acids is 1. The summed E-state index contributed by atoms with van der Waals surface area (Å²) in [4.78, 5) is 12.6. The number of hydrogen-bond acceptors (Lipinski definition) is 6. The molecule has 0 bridgehead atoms. The molecule has 0 aliphatic carbocycles. The summed E-state index contributed by atoms with van der Waals surface area (Å²) in [6.07, 6.45) is -1.00. The Bertz CT molecular complexity index is 1310. The minimum Gasteiger partial charge on any atom is -0.493 e. The second-order valence-corrected chi connectivity index (χ2v) is 9.50. The number of ether oxygens (including phenoxy) is 2. The molecule has 1 fully saturated rings. The lowest BCUT2D eigenvalue weighted by molar-refractivity contribution is 0.0659. The van der Waals surface area contributed by atoms with E-state index in [0.717, 1.165) is 31.5 Å². The van der Waals surface area contributed by atoms with Gasteiger partial charge in [0.05, 0.1) is 31.5 Å². The zero-order valence-electron chi connectivity index (χ0n) is 21.1. The van der Waals surface area contributed by atoms with Gasteiger partial charge < -0.3 is 25.4 Å². The quantitative estimate of drug-likeness (QED) is 0.416. The van der Waals surface area contributed by atoms with Gasteiger partial charge in [-0.2, -0.15) is 5.10 Å². The van der Waals surface area contributed by atoms with Gasteiger partial charge in [-0.25, -0.2) is 17.9 Å². The zero-order chi connectivity index (χ0) is 26.8. The second kappa shape index (κ2) is 10.9. The lowest BCUT2D eigenvalue weighted by Gasteiger charge is -2.32. The summed E-state index contributed by atoms with van der Waals surface area (Å²) in [6.45, 7) is 1.61. The van der Waals surface area contributed by atoms with E-state index in [0.29, 0.717) is 28.6 Å². The minimum absolute atomic E-state index is 0.00124. The highest BCUT2D eigenvalue weighted by molar-refractivity contribution is 5.95. The molecule has 0 radical (unpaired) electrons. The normalized spacial score (nSPS) is 19.5. The molecule has 1 amide bonds. The number of nitrogens with zero attached hydrogens (tertiary/aromatic N) is 2. The minimum atomic E-state index is -2.66. The predicted molar refractivity (Wildman–Crippen MR) is 137 cm³/mol. The van der Waals surface area contributed by atoms with Crippen molar-refractivity contribution in [2.24, 2.45) is 0 Å². The van der Waals surface area contributed by atoms with E-state index in [9.17, 15) is 18.0 Å². The number of aromatic nitrogens is 2. The Balaban J connectivity index is 1.39. The molecular formula is C27H30F3N5O3. The summed E-state index contributed by atoms with van der Waals surface area (Å²) in [5.74, 6) is 0.271. The number of alkyl halides is 2. The smallest absolute Gasteiger partial charge is 0.260 e. The van der Waals surface area contributed by atoms with Crippen LogP contribution in [0, 0.1) is 5.82 Å². The third-order valence-corrected chi connectivity index (χ3v) is 7.13. The first-order chi connectivity index (χ1) is 18.4. The van der Waals surface area contributed by atoms with Gasteiger partial charge in [0, 0.05) is 17.7 Å². The first-order valence-electron chi connectivity index (χ1n) is 12.6. The van der Waals surface area contributed by atoms with Crippen molar-refractivity contribution < 1.29 is 27.4 Å². The summed E-state index contributed by atoms with van der Waals surface area (Å²) in [5, 5.41) is 13.8. The number of halogens is 3. The van der Waals surface area contributed by atoms with Gasteiger partial charge in [0.15, 0.2) is 11.5 Å². The molecule has 0 saturated carbocycles. The molecule has 1 aromatic heterocycles. The van der Waals surface area contributed by atoms with Gasteiger partial charge in [-0.05, 0) is 62.2 Å². The maximum atomic E-state index is 15.0. The molecule has 2 aromatic carbocycles. The van der Waals surface area contributed by atoms with Crippen LogP contribution >= 0.6 is 0 Å². The summed E-state index contributed by atoms with van der Waals surface area (Å²) in [5.41, 5.74) is 1.42. The van der Waals surface area contributed by atoms with Crippen LogP contribution in [0.5, 0.6) is 11.5 Å². The SMILES string of the molecule is COc1ccc(C2CC(C(F)F)n3nc(-c4ccc(C(=O)NC5CCNCC5)c(F)c4)cc3N2)cc1OC. The van der Waals surface area contributed by atoms with Crippen molar-refractivity contribution in [3.8, 4) is 22.8 Å². The molecule has 5 rings (SSSR count). The van der Waals surface area contributed by atoms with Gasteiger partial charge in [0.2, 0.25) is 0 Å². The predicted octanol–water partition coefficient (Wildman–Crippen LogP) is 4.55. The van der Waals surface area contributed by atoms with Crippen LogP contribution in [0.15, 0.2) is 42.5 Å². The monoisotopic (exact) mass is 529 g/mol. The summed E-state index contributed by atoms with van der Waals surface area (Å²) in [7, 11) is 3.04. The topological polar surface area (TPSA) is 89.4 Å². The molecule has 2 aliphatic heterocycles. The van der Waals surface area contributed by atoms with Gasteiger partial charge in [-0.1, -0.05) is 12.1 Å². The highest BCUT2D eigenvalue weighted by Gasteiger charge is 2.35. The fraction of sp³-hybridized carbons (Fsp3) is 0.407. The van der Waals surface area contributed by atoms with Crippen molar-refractivity contribution in [1.29, 1.82) is 0 Å². The standard InChI is InChI=1S/C27H30F3N5O3/c1-37-23-6-4-16(12-24(23)38-2)20-13-22(26(29)30)35-25(33-20)14-21(34-35)15-3-5-18(19(28)11-15)27(36)32-17-7-9-31-10-8-17/h3-6,11-12,14,17,20,22,26,31,33H,7-10,13H2,1-2H3,(H,32,36). The number of rotatable bonds is 7. The first kappa shape index (κ1) is 25.9. The number of benzene rings is 2. The highest BCUT2D eigenvalue weighted by atomic mass is 19.3. The molecule has 3 N–H and O–H groups in total. The van der Waals surface area contributed by atoms with Gasteiger partial charge in [-0.15, -0.1) is 0 Å².